The van der Waals surface area contributed by atoms with Crippen LogP contribution in [-0.2, 0) is 43.2 Å². The van der Waals surface area contributed by atoms with Crippen molar-refractivity contribution < 1.29 is 68.7 Å². The SMILES string of the molecule is CSCCC(NC(=O)C(CC(=O)O)NC(=O)C(CCCCN)NC(=O)C(N)CCC(=O)O)C(=O)NC(CC(C)C)C(=O)NC(CO)C(=O)NC(CO)C(=O)O. The zero-order valence-corrected chi connectivity index (χ0v) is 31.9. The predicted molar refractivity (Wildman–Crippen MR) is 196 cm³/mol. The average molecular weight is 809 g/mol. The number of carbonyl (C=O) groups excluding carboxylic acids is 6. The lowest BCUT2D eigenvalue weighted by molar-refractivity contribution is -0.144. The van der Waals surface area contributed by atoms with Crippen LogP contribution in [0.4, 0.5) is 0 Å². The lowest BCUT2D eigenvalue weighted by atomic mass is 10.0. The number of rotatable bonds is 29. The normalized spacial score (nSPS) is 14.8. The van der Waals surface area contributed by atoms with E-state index in [0.29, 0.717) is 12.8 Å². The van der Waals surface area contributed by atoms with Gasteiger partial charge in [0.15, 0.2) is 0 Å². The summed E-state index contributed by atoms with van der Waals surface area (Å²) in [6.07, 6.45) is 0.819. The van der Waals surface area contributed by atoms with Crippen LogP contribution in [0.15, 0.2) is 0 Å². The number of unbranched alkanes of at least 4 members (excludes halogenated alkanes) is 1. The molecule has 15 N–H and O–H groups in total. The number of thioether (sulfide) groups is 1. The van der Waals surface area contributed by atoms with E-state index in [1.165, 1.54) is 11.8 Å². The molecule has 0 radical (unpaired) electrons. The topological polar surface area (TPSA) is 379 Å². The first-order valence-electron chi connectivity index (χ1n) is 17.5. The van der Waals surface area contributed by atoms with Crippen molar-refractivity contribution in [2.45, 2.75) is 108 Å². The highest BCUT2D eigenvalue weighted by Gasteiger charge is 2.34. The van der Waals surface area contributed by atoms with E-state index < -0.39 is 122 Å². The lowest BCUT2D eigenvalue weighted by Gasteiger charge is -2.27. The standard InChI is InChI=1S/C32H56N8O14S/c1-16(2)12-20(29(50)39-22(14-41)31(52)40-23(15-42)32(53)54)37-28(49)19(9-11-55-3)36-30(51)21(13-25(45)46)38-27(48)18(6-4-5-10-33)35-26(47)17(34)7-8-24(43)44/h16-23,41-42H,4-15,33-34H2,1-3H3,(H,35,47)(H,36,51)(H,37,49)(H,38,48)(H,39,50)(H,40,52)(H,43,44)(H,45,46)(H,53,54). The Hall–Kier alpha value is -4.58. The van der Waals surface area contributed by atoms with Gasteiger partial charge in [-0.25, -0.2) is 4.79 Å². The van der Waals surface area contributed by atoms with Gasteiger partial charge < -0.3 is 68.9 Å². The number of carboxylic acids is 3. The molecule has 0 aliphatic heterocycles. The van der Waals surface area contributed by atoms with Crippen LogP contribution >= 0.6 is 11.8 Å². The molecule has 0 bridgehead atoms. The van der Waals surface area contributed by atoms with Gasteiger partial charge in [-0.15, -0.1) is 0 Å². The molecule has 7 unspecified atom stereocenters. The van der Waals surface area contributed by atoms with Crippen molar-refractivity contribution in [2.75, 3.05) is 31.8 Å². The van der Waals surface area contributed by atoms with Gasteiger partial charge in [0.2, 0.25) is 35.4 Å². The molecular formula is C32H56N8O14S. The highest BCUT2D eigenvalue weighted by Crippen LogP contribution is 2.10. The summed E-state index contributed by atoms with van der Waals surface area (Å²) in [5.41, 5.74) is 11.3. The van der Waals surface area contributed by atoms with Gasteiger partial charge in [0, 0.05) is 6.42 Å². The molecule has 0 aromatic rings. The van der Waals surface area contributed by atoms with Gasteiger partial charge in [0.25, 0.3) is 0 Å². The van der Waals surface area contributed by atoms with Crippen molar-refractivity contribution >= 4 is 65.1 Å². The molecule has 23 heteroatoms. The zero-order chi connectivity index (χ0) is 42.2. The number of hydrogen-bond donors (Lipinski definition) is 13. The summed E-state index contributed by atoms with van der Waals surface area (Å²) in [5, 5.41) is 60.2. The number of carbonyl (C=O) groups is 9. The third-order valence-corrected chi connectivity index (χ3v) is 8.44. The maximum atomic E-state index is 13.6. The molecule has 22 nitrogen and oxygen atoms in total. The van der Waals surface area contributed by atoms with Crippen LogP contribution in [0.3, 0.4) is 0 Å². The van der Waals surface area contributed by atoms with Crippen LogP contribution in [0.2, 0.25) is 0 Å². The fourth-order valence-corrected chi connectivity index (χ4v) is 5.25. The second-order valence-electron chi connectivity index (χ2n) is 12.9. The molecule has 0 aromatic heterocycles. The fraction of sp³-hybridized carbons (Fsp3) is 0.719. The number of nitrogens with one attached hydrogen (secondary N) is 6. The molecule has 0 aromatic carbocycles. The van der Waals surface area contributed by atoms with Crippen LogP contribution in [0.5, 0.6) is 0 Å². The van der Waals surface area contributed by atoms with Crippen LogP contribution in [0.1, 0.15) is 65.2 Å². The Morgan fingerprint density at radius 2 is 1.04 bits per heavy atom. The Bertz CT molecular complexity index is 1320. The predicted octanol–water partition coefficient (Wildman–Crippen LogP) is -4.44. The second-order valence-corrected chi connectivity index (χ2v) is 13.9. The van der Waals surface area contributed by atoms with E-state index in [1.54, 1.807) is 20.1 Å². The van der Waals surface area contributed by atoms with Gasteiger partial charge in [-0.2, -0.15) is 11.8 Å². The van der Waals surface area contributed by atoms with Gasteiger partial charge in [-0.1, -0.05) is 13.8 Å². The van der Waals surface area contributed by atoms with Crippen LogP contribution < -0.4 is 43.4 Å². The Morgan fingerprint density at radius 3 is 1.53 bits per heavy atom. The van der Waals surface area contributed by atoms with E-state index in [9.17, 15) is 58.5 Å². The van der Waals surface area contributed by atoms with Crippen molar-refractivity contribution in [2.24, 2.45) is 17.4 Å². The number of amides is 6. The number of hydrogen-bond acceptors (Lipinski definition) is 14. The molecule has 0 heterocycles. The van der Waals surface area contributed by atoms with Crippen LogP contribution in [0.25, 0.3) is 0 Å². The maximum Gasteiger partial charge on any atom is 0.328 e. The van der Waals surface area contributed by atoms with E-state index in [4.69, 9.17) is 21.7 Å². The largest absolute Gasteiger partial charge is 0.481 e. The molecule has 0 aliphatic carbocycles. The Morgan fingerprint density at radius 1 is 0.582 bits per heavy atom. The van der Waals surface area contributed by atoms with Crippen molar-refractivity contribution in [1.29, 1.82) is 0 Å². The molecular weight excluding hydrogens is 752 g/mol. The molecule has 0 saturated heterocycles. The third kappa shape index (κ3) is 20.6. The second kappa shape index (κ2) is 27.1. The molecule has 0 rings (SSSR count). The van der Waals surface area contributed by atoms with Gasteiger partial charge in [-0.05, 0) is 63.0 Å². The number of carboxylic acid groups (broad SMARTS) is 3. The minimum Gasteiger partial charge on any atom is -0.481 e. The van der Waals surface area contributed by atoms with Crippen molar-refractivity contribution in [3.63, 3.8) is 0 Å². The Labute approximate surface area is 322 Å². The summed E-state index contributed by atoms with van der Waals surface area (Å²) in [6.45, 7) is 1.72. The summed E-state index contributed by atoms with van der Waals surface area (Å²) in [5.74, 6) is -10.1. The third-order valence-electron chi connectivity index (χ3n) is 7.79. The molecule has 0 saturated carbocycles. The maximum absolute atomic E-state index is 13.6. The highest BCUT2D eigenvalue weighted by molar-refractivity contribution is 7.98. The van der Waals surface area contributed by atoms with E-state index in [0.717, 1.165) is 0 Å². The van der Waals surface area contributed by atoms with E-state index in [2.05, 4.69) is 26.6 Å². The van der Waals surface area contributed by atoms with Crippen molar-refractivity contribution in [1.82, 2.24) is 31.9 Å². The molecule has 0 spiro atoms. The van der Waals surface area contributed by atoms with Gasteiger partial charge in [0.1, 0.15) is 36.3 Å². The van der Waals surface area contributed by atoms with E-state index in [-0.39, 0.29) is 43.9 Å². The molecule has 0 fully saturated rings. The first-order chi connectivity index (χ1) is 25.8. The Kier molecular flexibility index (Phi) is 24.8. The number of aliphatic hydroxyl groups excluding tert-OH is 2. The smallest absolute Gasteiger partial charge is 0.328 e. The lowest BCUT2D eigenvalue weighted by Crippen LogP contribution is -2.60. The minimum atomic E-state index is -1.77. The number of aliphatic carboxylic acids is 3. The average Bonchev–Trinajstić information content (AvgIpc) is 3.11. The number of aliphatic hydroxyl groups is 2. The molecule has 0 aliphatic rings. The van der Waals surface area contributed by atoms with Crippen LogP contribution in [0, 0.1) is 5.92 Å². The first kappa shape index (κ1) is 50.4. The van der Waals surface area contributed by atoms with Gasteiger partial charge in [-0.3, -0.25) is 38.4 Å². The monoisotopic (exact) mass is 808 g/mol. The number of nitrogens with two attached hydrogens (primary N) is 2. The summed E-state index contributed by atoms with van der Waals surface area (Å²) in [7, 11) is 0. The van der Waals surface area contributed by atoms with Crippen molar-refractivity contribution in [3.05, 3.63) is 0 Å². The molecule has 55 heavy (non-hydrogen) atoms. The highest BCUT2D eigenvalue weighted by atomic mass is 32.2. The fourth-order valence-electron chi connectivity index (χ4n) is 4.78. The zero-order valence-electron chi connectivity index (χ0n) is 31.1. The minimum absolute atomic E-state index is 0.000263. The summed E-state index contributed by atoms with van der Waals surface area (Å²) in [6, 6.07) is -10.5. The molecule has 314 valence electrons. The van der Waals surface area contributed by atoms with Gasteiger partial charge >= 0.3 is 17.9 Å². The van der Waals surface area contributed by atoms with E-state index >= 15 is 0 Å². The summed E-state index contributed by atoms with van der Waals surface area (Å²) >= 11 is 1.29. The molecule has 7 atom stereocenters. The first-order valence-corrected chi connectivity index (χ1v) is 18.9. The summed E-state index contributed by atoms with van der Waals surface area (Å²) in [4.78, 5) is 113. The quantitative estimate of drug-likeness (QED) is 0.0317. The molecule has 6 amide bonds. The van der Waals surface area contributed by atoms with Crippen molar-refractivity contribution in [3.8, 4) is 0 Å². The van der Waals surface area contributed by atoms with Gasteiger partial charge in [0.05, 0.1) is 25.7 Å². The van der Waals surface area contributed by atoms with E-state index in [1.807, 2.05) is 5.32 Å². The van der Waals surface area contributed by atoms with Crippen LogP contribution in [-0.4, -0.2) is 153 Å². The Balaban J connectivity index is 6.18. The summed E-state index contributed by atoms with van der Waals surface area (Å²) < 4.78 is 0.